The average Bonchev–Trinajstić information content (AvgIpc) is 2.97. The van der Waals surface area contributed by atoms with Gasteiger partial charge in [-0.2, -0.15) is 0 Å². The summed E-state index contributed by atoms with van der Waals surface area (Å²) in [5.41, 5.74) is 1.28. The molecule has 29 heavy (non-hydrogen) atoms. The zero-order valence-electron chi connectivity index (χ0n) is 16.6. The molecule has 0 spiro atoms. The highest BCUT2D eigenvalue weighted by Gasteiger charge is 2.45. The molecular weight excluding hydrogens is 436 g/mol. The zero-order valence-corrected chi connectivity index (χ0v) is 18.1. The number of nitrogens with zero attached hydrogens (tertiary/aromatic N) is 2. The molecule has 0 unspecified atom stereocenters. The fourth-order valence-corrected chi connectivity index (χ4v) is 3.60. The van der Waals surface area contributed by atoms with Crippen molar-refractivity contribution in [2.24, 2.45) is 0 Å². The Kier molecular flexibility index (Phi) is 6.39. The Balaban J connectivity index is 2.15. The van der Waals surface area contributed by atoms with Crippen LogP contribution in [0.4, 0.5) is 0 Å². The first-order valence-electron chi connectivity index (χ1n) is 9.16. The normalized spacial score (nSPS) is 18.5. The predicted molar refractivity (Wildman–Crippen MR) is 115 cm³/mol. The predicted octanol–water partition coefficient (Wildman–Crippen LogP) is 3.44. The quantitative estimate of drug-likeness (QED) is 0.407. The summed E-state index contributed by atoms with van der Waals surface area (Å²) in [5.74, 6) is -0.865. The van der Waals surface area contributed by atoms with E-state index in [9.17, 15) is 14.7 Å². The van der Waals surface area contributed by atoms with E-state index in [1.54, 1.807) is 49.6 Å². The first-order chi connectivity index (χ1) is 13.8. The zero-order chi connectivity index (χ0) is 21.1. The number of Topliss-reactive ketones (excluding diaryl/α,β-unsaturated/α-hetero) is 1. The van der Waals surface area contributed by atoms with Crippen LogP contribution in [0, 0.1) is 0 Å². The van der Waals surface area contributed by atoms with Gasteiger partial charge in [-0.05, 0) is 43.9 Å². The van der Waals surface area contributed by atoms with Gasteiger partial charge in [-0.15, -0.1) is 0 Å². The minimum Gasteiger partial charge on any atom is -0.507 e. The molecule has 7 heteroatoms. The molecule has 0 radical (unpaired) electrons. The van der Waals surface area contributed by atoms with Crippen LogP contribution in [0.25, 0.3) is 5.76 Å². The number of methoxy groups -OCH3 is 1. The van der Waals surface area contributed by atoms with Crippen molar-refractivity contribution >= 4 is 33.4 Å². The number of ether oxygens (including phenoxy) is 1. The number of aliphatic hydroxyl groups excluding tert-OH is 1. The first kappa shape index (κ1) is 21.1. The monoisotopic (exact) mass is 458 g/mol. The van der Waals surface area contributed by atoms with Crippen LogP contribution in [-0.4, -0.2) is 60.9 Å². The summed E-state index contributed by atoms with van der Waals surface area (Å²) in [7, 11) is 5.36. The Morgan fingerprint density at radius 3 is 2.48 bits per heavy atom. The van der Waals surface area contributed by atoms with Gasteiger partial charge in [0.05, 0.1) is 18.7 Å². The van der Waals surface area contributed by atoms with Crippen molar-refractivity contribution in [3.8, 4) is 5.75 Å². The number of likely N-dealkylation sites (tertiary alicyclic amines) is 1. The topological polar surface area (TPSA) is 70.1 Å². The number of hydrogen-bond acceptors (Lipinski definition) is 5. The molecule has 152 valence electrons. The van der Waals surface area contributed by atoms with E-state index in [0.29, 0.717) is 30.0 Å². The van der Waals surface area contributed by atoms with Crippen LogP contribution in [0.5, 0.6) is 5.75 Å². The van der Waals surface area contributed by atoms with Gasteiger partial charge in [0.1, 0.15) is 11.5 Å². The van der Waals surface area contributed by atoms with Crippen LogP contribution in [-0.2, 0) is 9.59 Å². The Bertz CT molecular complexity index is 954. The molecule has 1 N–H and O–H groups in total. The number of benzene rings is 2. The molecule has 0 aromatic heterocycles. The summed E-state index contributed by atoms with van der Waals surface area (Å²) in [6.45, 7) is 0.947. The number of ketones is 1. The SMILES string of the molecule is COc1cccc([C@H]2C(=C(O)c3ccc(Br)cc3)C(=O)C(=O)N2CCN(C)C)c1. The fraction of sp³-hybridized carbons (Fsp3) is 0.273. The van der Waals surface area contributed by atoms with E-state index < -0.39 is 17.7 Å². The summed E-state index contributed by atoms with van der Waals surface area (Å²) in [5, 5.41) is 11.0. The second-order valence-corrected chi connectivity index (χ2v) is 7.99. The van der Waals surface area contributed by atoms with Crippen molar-refractivity contribution in [3.05, 3.63) is 69.7 Å². The largest absolute Gasteiger partial charge is 0.507 e. The van der Waals surface area contributed by atoms with E-state index in [4.69, 9.17) is 4.74 Å². The first-order valence-corrected chi connectivity index (χ1v) is 9.95. The van der Waals surface area contributed by atoms with Crippen LogP contribution >= 0.6 is 15.9 Å². The highest BCUT2D eigenvalue weighted by atomic mass is 79.9. The minimum absolute atomic E-state index is 0.0873. The maximum absolute atomic E-state index is 12.9. The van der Waals surface area contributed by atoms with Crippen LogP contribution in [0.15, 0.2) is 58.6 Å². The third kappa shape index (κ3) is 4.36. The van der Waals surface area contributed by atoms with E-state index in [0.717, 1.165) is 4.47 Å². The van der Waals surface area contributed by atoms with Gasteiger partial charge in [0.15, 0.2) is 0 Å². The van der Waals surface area contributed by atoms with Crippen molar-refractivity contribution < 1.29 is 19.4 Å². The minimum atomic E-state index is -0.686. The van der Waals surface area contributed by atoms with Crippen LogP contribution < -0.4 is 4.74 Å². The molecule has 1 heterocycles. The number of rotatable bonds is 6. The molecule has 0 bridgehead atoms. The van der Waals surface area contributed by atoms with Gasteiger partial charge < -0.3 is 19.6 Å². The molecule has 0 aliphatic carbocycles. The Morgan fingerprint density at radius 1 is 1.17 bits per heavy atom. The Morgan fingerprint density at radius 2 is 1.86 bits per heavy atom. The average molecular weight is 459 g/mol. The standard InChI is InChI=1S/C22H23BrN2O4/c1-24(2)11-12-25-19(15-5-4-6-17(13-15)29-3)18(21(27)22(25)28)20(26)14-7-9-16(23)10-8-14/h4-10,13,19,26H,11-12H2,1-3H3/t19-/m0/s1. The van der Waals surface area contributed by atoms with E-state index in [1.165, 1.54) is 4.90 Å². The van der Waals surface area contributed by atoms with Gasteiger partial charge in [0.25, 0.3) is 11.7 Å². The van der Waals surface area contributed by atoms with Gasteiger partial charge in [-0.3, -0.25) is 9.59 Å². The van der Waals surface area contributed by atoms with Gasteiger partial charge in [-0.1, -0.05) is 40.2 Å². The molecule has 6 nitrogen and oxygen atoms in total. The summed E-state index contributed by atoms with van der Waals surface area (Å²) >= 11 is 3.36. The number of carbonyl (C=O) groups excluding carboxylic acids is 2. The summed E-state index contributed by atoms with van der Waals surface area (Å²) < 4.78 is 6.17. The van der Waals surface area contributed by atoms with Gasteiger partial charge in [0.2, 0.25) is 0 Å². The lowest BCUT2D eigenvalue weighted by molar-refractivity contribution is -0.140. The van der Waals surface area contributed by atoms with E-state index in [1.807, 2.05) is 25.1 Å². The third-order valence-electron chi connectivity index (χ3n) is 4.86. The number of carbonyl (C=O) groups is 2. The van der Waals surface area contributed by atoms with Crippen molar-refractivity contribution in [1.29, 1.82) is 0 Å². The summed E-state index contributed by atoms with van der Waals surface area (Å²) in [6.07, 6.45) is 0. The van der Waals surface area contributed by atoms with Crippen molar-refractivity contribution in [2.45, 2.75) is 6.04 Å². The van der Waals surface area contributed by atoms with Crippen molar-refractivity contribution in [3.63, 3.8) is 0 Å². The van der Waals surface area contributed by atoms with Crippen LogP contribution in [0.3, 0.4) is 0 Å². The highest BCUT2D eigenvalue weighted by Crippen LogP contribution is 2.40. The molecule has 0 saturated carbocycles. The molecule has 3 rings (SSSR count). The van der Waals surface area contributed by atoms with Crippen molar-refractivity contribution in [2.75, 3.05) is 34.3 Å². The number of likely N-dealkylation sites (N-methyl/N-ethyl adjacent to an activating group) is 1. The van der Waals surface area contributed by atoms with Gasteiger partial charge in [-0.25, -0.2) is 0 Å². The lowest BCUT2D eigenvalue weighted by Gasteiger charge is -2.26. The summed E-state index contributed by atoms with van der Waals surface area (Å²) in [6, 6.07) is 13.5. The van der Waals surface area contributed by atoms with Gasteiger partial charge >= 0.3 is 0 Å². The lowest BCUT2D eigenvalue weighted by Crippen LogP contribution is -2.35. The highest BCUT2D eigenvalue weighted by molar-refractivity contribution is 9.10. The number of aliphatic hydroxyl groups is 1. The maximum atomic E-state index is 12.9. The van der Waals surface area contributed by atoms with Crippen molar-refractivity contribution in [1.82, 2.24) is 9.80 Å². The molecule has 1 aliphatic heterocycles. The maximum Gasteiger partial charge on any atom is 0.295 e. The molecule has 1 aliphatic rings. The van der Waals surface area contributed by atoms with Crippen LogP contribution in [0.2, 0.25) is 0 Å². The molecule has 1 atom stereocenters. The molecule has 2 aromatic carbocycles. The lowest BCUT2D eigenvalue weighted by atomic mass is 9.95. The Hall–Kier alpha value is -2.64. The van der Waals surface area contributed by atoms with E-state index >= 15 is 0 Å². The smallest absolute Gasteiger partial charge is 0.295 e. The third-order valence-corrected chi connectivity index (χ3v) is 5.38. The Labute approximate surface area is 178 Å². The van der Waals surface area contributed by atoms with E-state index in [2.05, 4.69) is 15.9 Å². The molecular formula is C22H23BrN2O4. The number of amides is 1. The number of hydrogen-bond donors (Lipinski definition) is 1. The molecule has 2 aromatic rings. The molecule has 1 amide bonds. The second-order valence-electron chi connectivity index (χ2n) is 7.08. The summed E-state index contributed by atoms with van der Waals surface area (Å²) in [4.78, 5) is 29.2. The van der Waals surface area contributed by atoms with E-state index in [-0.39, 0.29) is 11.3 Å². The molecule has 1 saturated heterocycles. The van der Waals surface area contributed by atoms with Crippen LogP contribution in [0.1, 0.15) is 17.2 Å². The van der Waals surface area contributed by atoms with Gasteiger partial charge in [0, 0.05) is 23.1 Å². The number of halogens is 1. The fourth-order valence-electron chi connectivity index (χ4n) is 3.34. The second kappa shape index (κ2) is 8.80. The molecule has 1 fully saturated rings.